The Hall–Kier alpha value is -0.0400. The second kappa shape index (κ2) is 2.01. The van der Waals surface area contributed by atoms with Crippen LogP contribution in [0, 0.1) is 17.3 Å². The van der Waals surface area contributed by atoms with Crippen LogP contribution in [0.15, 0.2) is 0 Å². The van der Waals surface area contributed by atoms with Crippen LogP contribution in [0.25, 0.3) is 0 Å². The summed E-state index contributed by atoms with van der Waals surface area (Å²) in [6.07, 6.45) is 0. The third-order valence-corrected chi connectivity index (χ3v) is 3.88. The maximum atomic E-state index is 2.61. The minimum absolute atomic E-state index is 0.686. The Labute approximate surface area is 69.8 Å². The molecule has 0 aromatic heterocycles. The van der Waals surface area contributed by atoms with Crippen molar-refractivity contribution in [1.29, 1.82) is 0 Å². The number of piperidine rings is 1. The van der Waals surface area contributed by atoms with Gasteiger partial charge in [-0.05, 0) is 31.1 Å². The second-order valence-corrected chi connectivity index (χ2v) is 5.08. The van der Waals surface area contributed by atoms with Gasteiger partial charge in [0.15, 0.2) is 0 Å². The molecule has 64 valence electrons. The summed E-state index contributed by atoms with van der Waals surface area (Å²) < 4.78 is 0. The van der Waals surface area contributed by atoms with Crippen LogP contribution in [-0.4, -0.2) is 24.0 Å². The topological polar surface area (TPSA) is 3.24 Å². The lowest BCUT2D eigenvalue weighted by molar-refractivity contribution is 0.214. The van der Waals surface area contributed by atoms with Crippen molar-refractivity contribution in [3.63, 3.8) is 0 Å². The zero-order valence-electron chi connectivity index (χ0n) is 8.09. The van der Waals surface area contributed by atoms with E-state index in [1.165, 1.54) is 13.1 Å². The van der Waals surface area contributed by atoms with Gasteiger partial charge < -0.3 is 4.90 Å². The van der Waals surface area contributed by atoms with Crippen LogP contribution in [0.1, 0.15) is 27.7 Å². The highest BCUT2D eigenvalue weighted by molar-refractivity contribution is 5.11. The van der Waals surface area contributed by atoms with Gasteiger partial charge in [0.25, 0.3) is 0 Å². The van der Waals surface area contributed by atoms with Crippen molar-refractivity contribution in [1.82, 2.24) is 4.90 Å². The quantitative estimate of drug-likeness (QED) is 0.557. The van der Waals surface area contributed by atoms with Crippen LogP contribution in [0.4, 0.5) is 0 Å². The lowest BCUT2D eigenvalue weighted by Gasteiger charge is -2.25. The number of hydrogen-bond donors (Lipinski definition) is 0. The van der Waals surface area contributed by atoms with E-state index in [4.69, 9.17) is 0 Å². The third-order valence-electron chi connectivity index (χ3n) is 3.88. The Morgan fingerprint density at radius 3 is 2.00 bits per heavy atom. The Morgan fingerprint density at radius 1 is 1.18 bits per heavy atom. The average molecular weight is 153 g/mol. The first kappa shape index (κ1) is 7.60. The Balaban J connectivity index is 1.95. The molecule has 0 aromatic carbocycles. The fourth-order valence-electron chi connectivity index (χ4n) is 2.58. The Bertz CT molecular complexity index is 158. The molecule has 11 heavy (non-hydrogen) atoms. The maximum absolute atomic E-state index is 2.61. The van der Waals surface area contributed by atoms with Crippen molar-refractivity contribution in [3.8, 4) is 0 Å². The van der Waals surface area contributed by atoms with E-state index in [0.29, 0.717) is 5.41 Å². The van der Waals surface area contributed by atoms with Crippen LogP contribution >= 0.6 is 0 Å². The number of likely N-dealkylation sites (tertiary alicyclic amines) is 1. The zero-order chi connectivity index (χ0) is 8.22. The van der Waals surface area contributed by atoms with Gasteiger partial charge in [-0.15, -0.1) is 0 Å². The predicted octanol–water partition coefficient (Wildman–Crippen LogP) is 1.98. The molecule has 1 nitrogen and oxygen atoms in total. The molecule has 0 bridgehead atoms. The van der Waals surface area contributed by atoms with Gasteiger partial charge >= 0.3 is 0 Å². The van der Waals surface area contributed by atoms with Crippen molar-refractivity contribution in [3.05, 3.63) is 0 Å². The van der Waals surface area contributed by atoms with E-state index in [2.05, 4.69) is 32.6 Å². The first-order chi connectivity index (χ1) is 5.03. The third kappa shape index (κ3) is 0.936. The van der Waals surface area contributed by atoms with Gasteiger partial charge in [-0.1, -0.05) is 13.8 Å². The first-order valence-corrected chi connectivity index (χ1v) is 4.77. The molecule has 1 aliphatic carbocycles. The zero-order valence-corrected chi connectivity index (χ0v) is 8.09. The molecule has 0 aromatic rings. The molecule has 1 heteroatoms. The van der Waals surface area contributed by atoms with Crippen molar-refractivity contribution in [2.45, 2.75) is 33.7 Å². The summed E-state index contributed by atoms with van der Waals surface area (Å²) in [5.41, 5.74) is 0.686. The molecular weight excluding hydrogens is 134 g/mol. The highest BCUT2D eigenvalue weighted by Crippen LogP contribution is 2.62. The molecule has 0 spiro atoms. The minimum atomic E-state index is 0.686. The standard InChI is InChI=1S/C10H19N/c1-7(2)11-5-8-9(6-11)10(8,3)4/h7-9H,5-6H2,1-4H3. The van der Waals surface area contributed by atoms with Crippen LogP contribution in [0.3, 0.4) is 0 Å². The lowest BCUT2D eigenvalue weighted by Crippen LogP contribution is -2.32. The highest BCUT2D eigenvalue weighted by atomic mass is 15.2. The van der Waals surface area contributed by atoms with Gasteiger partial charge in [0.1, 0.15) is 0 Å². The van der Waals surface area contributed by atoms with Crippen molar-refractivity contribution >= 4 is 0 Å². The van der Waals surface area contributed by atoms with Crippen molar-refractivity contribution < 1.29 is 0 Å². The van der Waals surface area contributed by atoms with E-state index in [1.807, 2.05) is 0 Å². The van der Waals surface area contributed by atoms with Crippen LogP contribution in [0.5, 0.6) is 0 Å². The minimum Gasteiger partial charge on any atom is -0.300 e. The molecular formula is C10H19N. The number of rotatable bonds is 1. The summed E-state index contributed by atoms with van der Waals surface area (Å²) in [5.74, 6) is 2.04. The molecule has 0 radical (unpaired) electrons. The molecule has 2 rings (SSSR count). The van der Waals surface area contributed by atoms with E-state index in [-0.39, 0.29) is 0 Å². The molecule has 1 aliphatic heterocycles. The molecule has 2 aliphatic rings. The summed E-state index contributed by atoms with van der Waals surface area (Å²) in [6.45, 7) is 12.2. The molecule has 0 N–H and O–H groups in total. The van der Waals surface area contributed by atoms with E-state index >= 15 is 0 Å². The average Bonchev–Trinajstić information content (AvgIpc) is 2.28. The second-order valence-electron chi connectivity index (χ2n) is 5.08. The molecule has 2 fully saturated rings. The number of fused-ring (bicyclic) bond motifs is 1. The first-order valence-electron chi connectivity index (χ1n) is 4.77. The van der Waals surface area contributed by atoms with Gasteiger partial charge in [0.05, 0.1) is 0 Å². The Morgan fingerprint density at radius 2 is 1.64 bits per heavy atom. The van der Waals surface area contributed by atoms with Gasteiger partial charge in [0.2, 0.25) is 0 Å². The summed E-state index contributed by atoms with van der Waals surface area (Å²) in [4.78, 5) is 2.61. The molecule has 1 saturated heterocycles. The number of nitrogens with zero attached hydrogens (tertiary/aromatic N) is 1. The van der Waals surface area contributed by atoms with E-state index in [1.54, 1.807) is 0 Å². The monoisotopic (exact) mass is 153 g/mol. The van der Waals surface area contributed by atoms with Gasteiger partial charge in [-0.25, -0.2) is 0 Å². The fourth-order valence-corrected chi connectivity index (χ4v) is 2.58. The van der Waals surface area contributed by atoms with Crippen LogP contribution < -0.4 is 0 Å². The summed E-state index contributed by atoms with van der Waals surface area (Å²) in [5, 5.41) is 0. The Kier molecular flexibility index (Phi) is 1.39. The highest BCUT2D eigenvalue weighted by Gasteiger charge is 2.61. The molecule has 1 saturated carbocycles. The molecule has 0 amide bonds. The lowest BCUT2D eigenvalue weighted by atomic mass is 10.1. The smallest absolute Gasteiger partial charge is 0.00388 e. The SMILES string of the molecule is CC(C)N1CC2C(C1)C2(C)C. The van der Waals surface area contributed by atoms with E-state index < -0.39 is 0 Å². The van der Waals surface area contributed by atoms with Crippen molar-refractivity contribution in [2.75, 3.05) is 13.1 Å². The molecule has 2 unspecified atom stereocenters. The van der Waals surface area contributed by atoms with E-state index in [0.717, 1.165) is 17.9 Å². The largest absolute Gasteiger partial charge is 0.300 e. The summed E-state index contributed by atoms with van der Waals surface area (Å²) in [6, 6.07) is 0.763. The van der Waals surface area contributed by atoms with Gasteiger partial charge in [0, 0.05) is 19.1 Å². The number of hydrogen-bond acceptors (Lipinski definition) is 1. The van der Waals surface area contributed by atoms with Crippen molar-refractivity contribution in [2.24, 2.45) is 17.3 Å². The van der Waals surface area contributed by atoms with E-state index in [9.17, 15) is 0 Å². The summed E-state index contributed by atoms with van der Waals surface area (Å²) in [7, 11) is 0. The predicted molar refractivity (Wildman–Crippen MR) is 47.5 cm³/mol. The normalized spacial score (nSPS) is 41.2. The summed E-state index contributed by atoms with van der Waals surface area (Å²) >= 11 is 0. The molecule has 2 atom stereocenters. The van der Waals surface area contributed by atoms with Gasteiger partial charge in [-0.3, -0.25) is 0 Å². The van der Waals surface area contributed by atoms with Crippen LogP contribution in [0.2, 0.25) is 0 Å². The van der Waals surface area contributed by atoms with Gasteiger partial charge in [-0.2, -0.15) is 0 Å². The maximum Gasteiger partial charge on any atom is 0.00388 e. The molecule has 1 heterocycles. The van der Waals surface area contributed by atoms with Crippen LogP contribution in [-0.2, 0) is 0 Å². The fraction of sp³-hybridized carbons (Fsp3) is 1.00.